The summed E-state index contributed by atoms with van der Waals surface area (Å²) in [7, 11) is 1.35. The molecule has 1 rings (SSSR count). The van der Waals surface area contributed by atoms with E-state index in [2.05, 4.69) is 17.6 Å². The first-order chi connectivity index (χ1) is 8.93. The Hall–Kier alpha value is -1.10. The van der Waals surface area contributed by atoms with Gasteiger partial charge in [0.05, 0.1) is 13.2 Å². The highest BCUT2D eigenvalue weighted by Crippen LogP contribution is 2.15. The van der Waals surface area contributed by atoms with Crippen LogP contribution in [0, 0.1) is 11.8 Å². The Morgan fingerprint density at radius 2 is 2.11 bits per heavy atom. The van der Waals surface area contributed by atoms with Crippen molar-refractivity contribution in [3.05, 3.63) is 0 Å². The first kappa shape index (κ1) is 16.0. The maximum absolute atomic E-state index is 12.2. The first-order valence-electron chi connectivity index (χ1n) is 7.05. The number of amides is 1. The highest BCUT2D eigenvalue weighted by Gasteiger charge is 2.29. The molecule has 19 heavy (non-hydrogen) atoms. The molecule has 0 radical (unpaired) electrons. The fraction of sp³-hybridized carbons (Fsp3) is 0.857. The van der Waals surface area contributed by atoms with Crippen LogP contribution in [0.3, 0.4) is 0 Å². The predicted molar refractivity (Wildman–Crippen MR) is 73.6 cm³/mol. The van der Waals surface area contributed by atoms with E-state index in [1.807, 2.05) is 13.8 Å². The predicted octanol–water partition coefficient (Wildman–Crippen LogP) is 1.08. The van der Waals surface area contributed by atoms with Crippen molar-refractivity contribution in [1.82, 2.24) is 10.6 Å². The molecule has 2 unspecified atom stereocenters. The Labute approximate surface area is 115 Å². The van der Waals surface area contributed by atoms with Gasteiger partial charge in [-0.2, -0.15) is 0 Å². The molecule has 0 saturated carbocycles. The molecule has 1 aliphatic rings. The Balaban J connectivity index is 2.57. The smallest absolute Gasteiger partial charge is 0.328 e. The third-order valence-corrected chi connectivity index (χ3v) is 3.49. The lowest BCUT2D eigenvalue weighted by atomic mass is 9.93. The molecule has 0 bridgehead atoms. The summed E-state index contributed by atoms with van der Waals surface area (Å²) in [4.78, 5) is 23.8. The highest BCUT2D eigenvalue weighted by atomic mass is 16.5. The van der Waals surface area contributed by atoms with Gasteiger partial charge in [0.2, 0.25) is 5.91 Å². The van der Waals surface area contributed by atoms with Gasteiger partial charge in [0.15, 0.2) is 0 Å². The summed E-state index contributed by atoms with van der Waals surface area (Å²) >= 11 is 0. The van der Waals surface area contributed by atoms with Gasteiger partial charge in [0, 0.05) is 0 Å². The van der Waals surface area contributed by atoms with Crippen molar-refractivity contribution in [1.29, 1.82) is 0 Å². The molecule has 0 aromatic rings. The van der Waals surface area contributed by atoms with E-state index in [9.17, 15) is 9.59 Å². The van der Waals surface area contributed by atoms with Crippen molar-refractivity contribution in [3.63, 3.8) is 0 Å². The van der Waals surface area contributed by atoms with Crippen molar-refractivity contribution in [2.75, 3.05) is 13.7 Å². The molecule has 1 amide bonds. The van der Waals surface area contributed by atoms with Crippen LogP contribution in [0.15, 0.2) is 0 Å². The van der Waals surface area contributed by atoms with Crippen molar-refractivity contribution in [2.24, 2.45) is 11.8 Å². The minimum atomic E-state index is -0.545. The van der Waals surface area contributed by atoms with Gasteiger partial charge in [0.1, 0.15) is 6.04 Å². The second-order valence-electron chi connectivity index (χ2n) is 5.85. The zero-order valence-corrected chi connectivity index (χ0v) is 12.4. The number of ether oxygens (including phenoxy) is 1. The highest BCUT2D eigenvalue weighted by molar-refractivity contribution is 5.87. The standard InChI is InChI=1S/C14H26N2O3/c1-9(2)7-12(14(18)19-4)16-13(17)11-8-10(3)5-6-15-11/h9-12,15H,5-8H2,1-4H3,(H,16,17)/t10?,11?,12-/m0/s1. The molecule has 0 aromatic heterocycles. The lowest BCUT2D eigenvalue weighted by molar-refractivity contribution is -0.145. The molecule has 0 aromatic carbocycles. The molecule has 1 fully saturated rings. The fourth-order valence-corrected chi connectivity index (χ4v) is 2.41. The molecule has 3 atom stereocenters. The number of piperidine rings is 1. The number of nitrogens with one attached hydrogen (secondary N) is 2. The van der Waals surface area contributed by atoms with Crippen molar-refractivity contribution < 1.29 is 14.3 Å². The quantitative estimate of drug-likeness (QED) is 0.734. The van der Waals surface area contributed by atoms with Crippen LogP contribution in [-0.4, -0.2) is 37.6 Å². The third kappa shape index (κ3) is 5.19. The maximum Gasteiger partial charge on any atom is 0.328 e. The largest absolute Gasteiger partial charge is 0.467 e. The van der Waals surface area contributed by atoms with Crippen molar-refractivity contribution >= 4 is 11.9 Å². The summed E-state index contributed by atoms with van der Waals surface area (Å²) in [5.74, 6) is 0.398. The molecule has 110 valence electrons. The molecule has 1 heterocycles. The van der Waals surface area contributed by atoms with E-state index >= 15 is 0 Å². The van der Waals surface area contributed by atoms with Crippen LogP contribution < -0.4 is 10.6 Å². The number of rotatable bonds is 5. The molecule has 1 saturated heterocycles. The number of hydrogen-bond donors (Lipinski definition) is 2. The summed E-state index contributed by atoms with van der Waals surface area (Å²) in [5, 5.41) is 6.01. The summed E-state index contributed by atoms with van der Waals surface area (Å²) < 4.78 is 4.75. The molecule has 2 N–H and O–H groups in total. The summed E-state index contributed by atoms with van der Waals surface area (Å²) in [5.41, 5.74) is 0. The second kappa shape index (κ2) is 7.48. The Morgan fingerprint density at radius 1 is 1.42 bits per heavy atom. The monoisotopic (exact) mass is 270 g/mol. The average molecular weight is 270 g/mol. The Morgan fingerprint density at radius 3 is 2.63 bits per heavy atom. The summed E-state index contributed by atoms with van der Waals surface area (Å²) in [6, 6.07) is -0.736. The third-order valence-electron chi connectivity index (χ3n) is 3.49. The van der Waals surface area contributed by atoms with Gasteiger partial charge in [-0.25, -0.2) is 4.79 Å². The van der Waals surface area contributed by atoms with Gasteiger partial charge in [-0.05, 0) is 37.6 Å². The summed E-state index contributed by atoms with van der Waals surface area (Å²) in [6.07, 6.45) is 2.51. The lowest BCUT2D eigenvalue weighted by Gasteiger charge is -2.28. The van der Waals surface area contributed by atoms with Gasteiger partial charge in [-0.1, -0.05) is 20.8 Å². The van der Waals surface area contributed by atoms with E-state index < -0.39 is 6.04 Å². The SMILES string of the molecule is COC(=O)[C@H](CC(C)C)NC(=O)C1CC(C)CCN1. The van der Waals surface area contributed by atoms with Crippen LogP contribution in [0.25, 0.3) is 0 Å². The fourth-order valence-electron chi connectivity index (χ4n) is 2.41. The Bertz CT molecular complexity index is 318. The van der Waals surface area contributed by atoms with E-state index in [4.69, 9.17) is 4.74 Å². The minimum absolute atomic E-state index is 0.0948. The molecule has 5 heteroatoms. The Kier molecular flexibility index (Phi) is 6.28. The zero-order chi connectivity index (χ0) is 14.4. The zero-order valence-electron chi connectivity index (χ0n) is 12.4. The maximum atomic E-state index is 12.2. The first-order valence-corrected chi connectivity index (χ1v) is 7.05. The topological polar surface area (TPSA) is 67.4 Å². The van der Waals surface area contributed by atoms with Gasteiger partial charge >= 0.3 is 5.97 Å². The van der Waals surface area contributed by atoms with E-state index in [-0.39, 0.29) is 17.9 Å². The summed E-state index contributed by atoms with van der Waals surface area (Å²) in [6.45, 7) is 7.03. The molecule has 0 spiro atoms. The molecule has 1 aliphatic heterocycles. The van der Waals surface area contributed by atoms with Crippen LogP contribution in [-0.2, 0) is 14.3 Å². The molecule has 0 aliphatic carbocycles. The number of carbonyl (C=O) groups is 2. The van der Waals surface area contributed by atoms with Crippen LogP contribution in [0.5, 0.6) is 0 Å². The number of esters is 1. The van der Waals surface area contributed by atoms with Gasteiger partial charge in [-0.15, -0.1) is 0 Å². The van der Waals surface area contributed by atoms with Gasteiger partial charge in [-0.3, -0.25) is 4.79 Å². The van der Waals surface area contributed by atoms with Crippen molar-refractivity contribution in [2.45, 2.75) is 52.1 Å². The van der Waals surface area contributed by atoms with Crippen molar-refractivity contribution in [3.8, 4) is 0 Å². The van der Waals surface area contributed by atoms with E-state index in [1.54, 1.807) is 0 Å². The van der Waals surface area contributed by atoms with E-state index in [0.29, 0.717) is 18.3 Å². The number of hydrogen-bond acceptors (Lipinski definition) is 4. The number of carbonyl (C=O) groups excluding carboxylic acids is 2. The van der Waals surface area contributed by atoms with Crippen LogP contribution in [0.4, 0.5) is 0 Å². The second-order valence-corrected chi connectivity index (χ2v) is 5.85. The lowest BCUT2D eigenvalue weighted by Crippen LogP contribution is -2.53. The number of methoxy groups -OCH3 is 1. The molecule has 5 nitrogen and oxygen atoms in total. The minimum Gasteiger partial charge on any atom is -0.467 e. The van der Waals surface area contributed by atoms with Gasteiger partial charge in [0.25, 0.3) is 0 Å². The van der Waals surface area contributed by atoms with Crippen LogP contribution in [0.1, 0.15) is 40.0 Å². The van der Waals surface area contributed by atoms with Gasteiger partial charge < -0.3 is 15.4 Å². The van der Waals surface area contributed by atoms with Crippen LogP contribution in [0.2, 0.25) is 0 Å². The van der Waals surface area contributed by atoms with E-state index in [0.717, 1.165) is 19.4 Å². The molecular formula is C14H26N2O3. The average Bonchev–Trinajstić information content (AvgIpc) is 2.36. The van der Waals surface area contributed by atoms with Crippen LogP contribution >= 0.6 is 0 Å². The van der Waals surface area contributed by atoms with E-state index in [1.165, 1.54) is 7.11 Å². The normalized spacial score (nSPS) is 24.9. The molecular weight excluding hydrogens is 244 g/mol.